The zero-order chi connectivity index (χ0) is 16.2. The molecular formula is C19H27N3O. The SMILES string of the molecule is CCC(=O)N1CC[C@@H](NCc2cccc3[nH]ccc23)[C@@H](CC)C1. The van der Waals surface area contributed by atoms with Gasteiger partial charge in [-0.25, -0.2) is 0 Å². The number of benzene rings is 1. The second-order valence-electron chi connectivity index (χ2n) is 6.49. The first-order chi connectivity index (χ1) is 11.2. The van der Waals surface area contributed by atoms with Gasteiger partial charge >= 0.3 is 0 Å². The molecule has 0 radical (unpaired) electrons. The maximum Gasteiger partial charge on any atom is 0.222 e. The van der Waals surface area contributed by atoms with Crippen LogP contribution < -0.4 is 5.32 Å². The first-order valence-corrected chi connectivity index (χ1v) is 8.79. The average molecular weight is 313 g/mol. The van der Waals surface area contributed by atoms with Gasteiger partial charge in [0.2, 0.25) is 5.91 Å². The first kappa shape index (κ1) is 16.1. The molecule has 0 aliphatic carbocycles. The fourth-order valence-electron chi connectivity index (χ4n) is 3.71. The Hall–Kier alpha value is -1.81. The molecule has 1 aromatic carbocycles. The van der Waals surface area contributed by atoms with Crippen LogP contribution in [0.4, 0.5) is 0 Å². The minimum Gasteiger partial charge on any atom is -0.361 e. The summed E-state index contributed by atoms with van der Waals surface area (Å²) in [4.78, 5) is 17.2. The normalized spacial score (nSPS) is 21.7. The van der Waals surface area contributed by atoms with Crippen molar-refractivity contribution < 1.29 is 4.79 Å². The summed E-state index contributed by atoms with van der Waals surface area (Å²) in [5.41, 5.74) is 2.53. The van der Waals surface area contributed by atoms with Crippen molar-refractivity contribution in [1.82, 2.24) is 15.2 Å². The van der Waals surface area contributed by atoms with Gasteiger partial charge in [-0.1, -0.05) is 32.4 Å². The standard InChI is InChI=1S/C19H27N3O/c1-3-14-13-22(19(23)4-2)11-9-17(14)21-12-15-6-5-7-18-16(15)8-10-20-18/h5-8,10,14,17,20-21H,3-4,9,11-13H2,1-2H3/t14-,17+/m0/s1. The number of carbonyl (C=O) groups excluding carboxylic acids is 1. The number of hydrogen-bond acceptors (Lipinski definition) is 2. The zero-order valence-corrected chi connectivity index (χ0v) is 14.1. The number of carbonyl (C=O) groups is 1. The van der Waals surface area contributed by atoms with Crippen molar-refractivity contribution >= 4 is 16.8 Å². The van der Waals surface area contributed by atoms with Gasteiger partial charge in [-0.3, -0.25) is 4.79 Å². The van der Waals surface area contributed by atoms with Gasteiger partial charge < -0.3 is 15.2 Å². The van der Waals surface area contributed by atoms with Gasteiger partial charge in [0.1, 0.15) is 0 Å². The molecule has 1 aromatic heterocycles. The van der Waals surface area contributed by atoms with Gasteiger partial charge in [0.05, 0.1) is 0 Å². The summed E-state index contributed by atoms with van der Waals surface area (Å²) >= 11 is 0. The Kier molecular flexibility index (Phi) is 5.01. The van der Waals surface area contributed by atoms with E-state index in [1.54, 1.807) is 0 Å². The largest absolute Gasteiger partial charge is 0.361 e. The third-order valence-corrected chi connectivity index (χ3v) is 5.15. The molecule has 2 aromatic rings. The highest BCUT2D eigenvalue weighted by atomic mass is 16.2. The van der Waals surface area contributed by atoms with Gasteiger partial charge in [0.25, 0.3) is 0 Å². The van der Waals surface area contributed by atoms with Crippen molar-refractivity contribution in [2.45, 2.75) is 45.7 Å². The van der Waals surface area contributed by atoms with Gasteiger partial charge in [0, 0.05) is 49.2 Å². The topological polar surface area (TPSA) is 48.1 Å². The lowest BCUT2D eigenvalue weighted by Crippen LogP contribution is -2.50. The van der Waals surface area contributed by atoms with E-state index >= 15 is 0 Å². The number of hydrogen-bond donors (Lipinski definition) is 2. The van der Waals surface area contributed by atoms with E-state index in [4.69, 9.17) is 0 Å². The maximum absolute atomic E-state index is 11.9. The summed E-state index contributed by atoms with van der Waals surface area (Å²) < 4.78 is 0. The van der Waals surface area contributed by atoms with Crippen molar-refractivity contribution in [3.63, 3.8) is 0 Å². The fourth-order valence-corrected chi connectivity index (χ4v) is 3.71. The monoisotopic (exact) mass is 313 g/mol. The third kappa shape index (κ3) is 3.42. The van der Waals surface area contributed by atoms with Gasteiger partial charge in [-0.2, -0.15) is 0 Å². The highest BCUT2D eigenvalue weighted by molar-refractivity contribution is 5.82. The number of nitrogens with zero attached hydrogens (tertiary/aromatic N) is 1. The summed E-state index contributed by atoms with van der Waals surface area (Å²) in [6.07, 6.45) is 4.77. The number of nitrogens with one attached hydrogen (secondary N) is 2. The van der Waals surface area contributed by atoms with E-state index < -0.39 is 0 Å². The zero-order valence-electron chi connectivity index (χ0n) is 14.1. The van der Waals surface area contributed by atoms with Crippen LogP contribution in [0.15, 0.2) is 30.5 Å². The molecule has 124 valence electrons. The van der Waals surface area contributed by atoms with Crippen LogP contribution in [0.3, 0.4) is 0 Å². The van der Waals surface area contributed by atoms with E-state index in [0.717, 1.165) is 32.5 Å². The predicted octanol–water partition coefficient (Wildman–Crippen LogP) is 3.29. The van der Waals surface area contributed by atoms with Gasteiger partial charge in [-0.05, 0) is 30.0 Å². The molecule has 1 amide bonds. The summed E-state index contributed by atoms with van der Waals surface area (Å²) in [5.74, 6) is 0.837. The molecule has 23 heavy (non-hydrogen) atoms. The Balaban J connectivity index is 1.64. The van der Waals surface area contributed by atoms with Crippen LogP contribution >= 0.6 is 0 Å². The summed E-state index contributed by atoms with van der Waals surface area (Å²) in [7, 11) is 0. The Morgan fingerprint density at radius 3 is 3.00 bits per heavy atom. The Morgan fingerprint density at radius 1 is 1.35 bits per heavy atom. The molecule has 3 rings (SSSR count). The van der Waals surface area contributed by atoms with Crippen LogP contribution in [0.2, 0.25) is 0 Å². The number of piperidine rings is 1. The summed E-state index contributed by atoms with van der Waals surface area (Å²) in [5, 5.41) is 5.04. The number of likely N-dealkylation sites (tertiary alicyclic amines) is 1. The molecule has 1 saturated heterocycles. The molecule has 0 spiro atoms. The Morgan fingerprint density at radius 2 is 2.22 bits per heavy atom. The van der Waals surface area contributed by atoms with Gasteiger partial charge in [-0.15, -0.1) is 0 Å². The molecule has 1 aliphatic rings. The quantitative estimate of drug-likeness (QED) is 0.890. The van der Waals surface area contributed by atoms with Crippen LogP contribution in [0.1, 0.15) is 38.7 Å². The van der Waals surface area contributed by atoms with E-state index in [1.807, 2.05) is 18.0 Å². The van der Waals surface area contributed by atoms with E-state index in [9.17, 15) is 4.79 Å². The van der Waals surface area contributed by atoms with Crippen molar-refractivity contribution in [2.75, 3.05) is 13.1 Å². The van der Waals surface area contributed by atoms with E-state index in [2.05, 4.69) is 41.5 Å². The lowest BCUT2D eigenvalue weighted by molar-refractivity contribution is -0.133. The average Bonchev–Trinajstić information content (AvgIpc) is 3.08. The molecular weight excluding hydrogens is 286 g/mol. The minimum absolute atomic E-state index is 0.291. The fraction of sp³-hybridized carbons (Fsp3) is 0.526. The van der Waals surface area contributed by atoms with Gasteiger partial charge in [0.15, 0.2) is 0 Å². The second kappa shape index (κ2) is 7.18. The molecule has 1 aliphatic heterocycles. The summed E-state index contributed by atoms with van der Waals surface area (Å²) in [6.45, 7) is 6.85. The molecule has 2 N–H and O–H groups in total. The first-order valence-electron chi connectivity index (χ1n) is 8.79. The smallest absolute Gasteiger partial charge is 0.222 e. The Labute approximate surface area is 138 Å². The Bertz CT molecular complexity index is 663. The third-order valence-electron chi connectivity index (χ3n) is 5.15. The van der Waals surface area contributed by atoms with E-state index in [0.29, 0.717) is 24.3 Å². The lowest BCUT2D eigenvalue weighted by atomic mass is 9.89. The highest BCUT2D eigenvalue weighted by Gasteiger charge is 2.29. The van der Waals surface area contributed by atoms with Crippen molar-refractivity contribution in [3.05, 3.63) is 36.0 Å². The van der Waals surface area contributed by atoms with Crippen LogP contribution in [-0.2, 0) is 11.3 Å². The maximum atomic E-state index is 11.9. The molecule has 4 heteroatoms. The molecule has 2 atom stereocenters. The molecule has 2 heterocycles. The number of aromatic amines is 1. The lowest BCUT2D eigenvalue weighted by Gasteiger charge is -2.39. The van der Waals surface area contributed by atoms with E-state index in [-0.39, 0.29) is 0 Å². The van der Waals surface area contributed by atoms with Crippen LogP contribution in [0.5, 0.6) is 0 Å². The van der Waals surface area contributed by atoms with E-state index in [1.165, 1.54) is 16.5 Å². The summed E-state index contributed by atoms with van der Waals surface area (Å²) in [6, 6.07) is 9.06. The van der Waals surface area contributed by atoms with Crippen LogP contribution in [-0.4, -0.2) is 34.9 Å². The van der Waals surface area contributed by atoms with Crippen LogP contribution in [0, 0.1) is 5.92 Å². The number of fused-ring (bicyclic) bond motifs is 1. The number of amides is 1. The number of aromatic nitrogens is 1. The minimum atomic E-state index is 0.291. The van der Waals surface area contributed by atoms with Crippen molar-refractivity contribution in [2.24, 2.45) is 5.92 Å². The number of rotatable bonds is 5. The van der Waals surface area contributed by atoms with Crippen molar-refractivity contribution in [1.29, 1.82) is 0 Å². The highest BCUT2D eigenvalue weighted by Crippen LogP contribution is 2.23. The second-order valence-corrected chi connectivity index (χ2v) is 6.49. The van der Waals surface area contributed by atoms with Crippen molar-refractivity contribution in [3.8, 4) is 0 Å². The number of H-pyrrole nitrogens is 1. The predicted molar refractivity (Wildman–Crippen MR) is 94.2 cm³/mol. The molecule has 1 fully saturated rings. The molecule has 0 unspecified atom stereocenters. The molecule has 0 bridgehead atoms. The molecule has 4 nitrogen and oxygen atoms in total. The molecule has 0 saturated carbocycles. The van der Waals surface area contributed by atoms with Crippen LogP contribution in [0.25, 0.3) is 10.9 Å².